The van der Waals surface area contributed by atoms with Crippen LogP contribution in [0, 0.1) is 0 Å². The Hall–Kier alpha value is -3.83. The van der Waals surface area contributed by atoms with Gasteiger partial charge in [0.2, 0.25) is 0 Å². The quantitative estimate of drug-likeness (QED) is 0.319. The van der Waals surface area contributed by atoms with Gasteiger partial charge in [-0.15, -0.1) is 0 Å². The van der Waals surface area contributed by atoms with E-state index in [1.165, 1.54) is 40.3 Å². The number of urea groups is 1. The second-order valence-electron chi connectivity index (χ2n) is 9.35. The summed E-state index contributed by atoms with van der Waals surface area (Å²) in [6, 6.07) is 31.5. The predicted molar refractivity (Wildman–Crippen MR) is 146 cm³/mol. The molecule has 0 spiro atoms. The highest BCUT2D eigenvalue weighted by molar-refractivity contribution is 5.87. The average Bonchev–Trinajstić information content (AvgIpc) is 3.47. The zero-order chi connectivity index (χ0) is 24.7. The molecule has 2 amide bonds. The summed E-state index contributed by atoms with van der Waals surface area (Å²) in [7, 11) is 1.68. The SMILES string of the molecule is COc1ccc(C(CNC(=O)NCc2ccc(-c3ccc4ccccc4c3)cc2)N2CCCC2)cc1. The molecule has 1 unspecified atom stereocenters. The first-order valence-electron chi connectivity index (χ1n) is 12.7. The number of hydrogen-bond acceptors (Lipinski definition) is 3. The summed E-state index contributed by atoms with van der Waals surface area (Å²) in [5.41, 5.74) is 4.63. The number of ether oxygens (including phenoxy) is 1. The van der Waals surface area contributed by atoms with Gasteiger partial charge in [0.25, 0.3) is 0 Å². The van der Waals surface area contributed by atoms with Crippen molar-refractivity contribution >= 4 is 16.8 Å². The Morgan fingerprint density at radius 3 is 2.25 bits per heavy atom. The van der Waals surface area contributed by atoms with E-state index in [2.05, 4.69) is 94.4 Å². The van der Waals surface area contributed by atoms with Gasteiger partial charge in [-0.2, -0.15) is 0 Å². The number of likely N-dealkylation sites (tertiary alicyclic amines) is 1. The Bertz CT molecular complexity index is 1300. The molecule has 0 aromatic heterocycles. The van der Waals surface area contributed by atoms with Gasteiger partial charge in [-0.25, -0.2) is 4.79 Å². The summed E-state index contributed by atoms with van der Waals surface area (Å²) in [5, 5.41) is 8.58. The lowest BCUT2D eigenvalue weighted by atomic mass is 10.0. The molecule has 5 nitrogen and oxygen atoms in total. The van der Waals surface area contributed by atoms with Crippen molar-refractivity contribution in [2.75, 3.05) is 26.7 Å². The Morgan fingerprint density at radius 2 is 1.53 bits per heavy atom. The molecule has 1 aliphatic heterocycles. The van der Waals surface area contributed by atoms with E-state index in [9.17, 15) is 4.79 Å². The third-order valence-electron chi connectivity index (χ3n) is 7.03. The van der Waals surface area contributed by atoms with Gasteiger partial charge in [0.15, 0.2) is 0 Å². The number of nitrogens with zero attached hydrogens (tertiary/aromatic N) is 1. The predicted octanol–water partition coefficient (Wildman–Crippen LogP) is 6.15. The monoisotopic (exact) mass is 479 g/mol. The molecular formula is C31H33N3O2. The maximum atomic E-state index is 12.6. The van der Waals surface area contributed by atoms with Gasteiger partial charge < -0.3 is 15.4 Å². The smallest absolute Gasteiger partial charge is 0.315 e. The van der Waals surface area contributed by atoms with Crippen molar-refractivity contribution in [3.8, 4) is 16.9 Å². The van der Waals surface area contributed by atoms with E-state index in [0.717, 1.165) is 24.4 Å². The second-order valence-corrected chi connectivity index (χ2v) is 9.35. The fourth-order valence-corrected chi connectivity index (χ4v) is 4.96. The van der Waals surface area contributed by atoms with E-state index >= 15 is 0 Å². The fourth-order valence-electron chi connectivity index (χ4n) is 4.96. The van der Waals surface area contributed by atoms with Crippen molar-refractivity contribution in [1.82, 2.24) is 15.5 Å². The minimum absolute atomic E-state index is 0.147. The van der Waals surface area contributed by atoms with Crippen LogP contribution in [0.4, 0.5) is 4.79 Å². The second kappa shape index (κ2) is 11.3. The molecule has 5 heteroatoms. The van der Waals surface area contributed by atoms with Crippen LogP contribution in [0.1, 0.15) is 30.0 Å². The van der Waals surface area contributed by atoms with Gasteiger partial charge >= 0.3 is 6.03 Å². The highest BCUT2D eigenvalue weighted by Crippen LogP contribution is 2.27. The standard InChI is InChI=1S/C31H33N3O2/c1-36-29-16-14-26(15-17-29)30(34-18-4-5-19-34)22-33-31(35)32-21-23-8-10-25(11-9-23)28-13-12-24-6-2-3-7-27(24)20-28/h2-3,6-17,20,30H,4-5,18-19,21-22H2,1H3,(H2,32,33,35). The lowest BCUT2D eigenvalue weighted by molar-refractivity contribution is 0.220. The zero-order valence-corrected chi connectivity index (χ0v) is 20.7. The molecule has 1 aliphatic rings. The Balaban J connectivity index is 1.16. The molecule has 1 fully saturated rings. The van der Waals surface area contributed by atoms with Crippen molar-refractivity contribution in [2.45, 2.75) is 25.4 Å². The molecule has 0 aliphatic carbocycles. The summed E-state index contributed by atoms with van der Waals surface area (Å²) in [5.74, 6) is 0.844. The minimum atomic E-state index is -0.147. The molecule has 184 valence electrons. The van der Waals surface area contributed by atoms with E-state index in [1.807, 2.05) is 12.1 Å². The van der Waals surface area contributed by atoms with Crippen LogP contribution in [0.25, 0.3) is 21.9 Å². The molecule has 0 radical (unpaired) electrons. The van der Waals surface area contributed by atoms with Crippen molar-refractivity contribution in [2.24, 2.45) is 0 Å². The maximum absolute atomic E-state index is 12.6. The van der Waals surface area contributed by atoms with Crippen molar-refractivity contribution < 1.29 is 9.53 Å². The minimum Gasteiger partial charge on any atom is -0.497 e. The molecule has 1 heterocycles. The lowest BCUT2D eigenvalue weighted by Crippen LogP contribution is -2.41. The lowest BCUT2D eigenvalue weighted by Gasteiger charge is -2.28. The first-order chi connectivity index (χ1) is 17.7. The van der Waals surface area contributed by atoms with Gasteiger partial charge in [-0.1, -0.05) is 72.8 Å². The number of methoxy groups -OCH3 is 1. The van der Waals surface area contributed by atoms with E-state index in [4.69, 9.17) is 4.74 Å². The number of carbonyl (C=O) groups excluding carboxylic acids is 1. The molecule has 1 atom stereocenters. The van der Waals surface area contributed by atoms with Crippen LogP contribution in [0.3, 0.4) is 0 Å². The van der Waals surface area contributed by atoms with Crippen LogP contribution in [0.5, 0.6) is 5.75 Å². The van der Waals surface area contributed by atoms with Crippen molar-refractivity contribution in [3.63, 3.8) is 0 Å². The maximum Gasteiger partial charge on any atom is 0.315 e. The van der Waals surface area contributed by atoms with Crippen LogP contribution in [-0.4, -0.2) is 37.7 Å². The molecule has 1 saturated heterocycles. The third-order valence-corrected chi connectivity index (χ3v) is 7.03. The fraction of sp³-hybridized carbons (Fsp3) is 0.258. The number of hydrogen-bond donors (Lipinski definition) is 2. The van der Waals surface area contributed by atoms with Gasteiger partial charge in [0, 0.05) is 13.1 Å². The number of nitrogens with one attached hydrogen (secondary N) is 2. The van der Waals surface area contributed by atoms with Crippen molar-refractivity contribution in [3.05, 3.63) is 102 Å². The highest BCUT2D eigenvalue weighted by atomic mass is 16.5. The van der Waals surface area contributed by atoms with E-state index < -0.39 is 0 Å². The number of rotatable bonds is 8. The van der Waals surface area contributed by atoms with Gasteiger partial charge in [-0.3, -0.25) is 4.90 Å². The van der Waals surface area contributed by atoms with Gasteiger partial charge in [-0.05, 0) is 77.2 Å². The largest absolute Gasteiger partial charge is 0.497 e. The molecular weight excluding hydrogens is 446 g/mol. The topological polar surface area (TPSA) is 53.6 Å². The number of benzene rings is 4. The highest BCUT2D eigenvalue weighted by Gasteiger charge is 2.24. The van der Waals surface area contributed by atoms with Gasteiger partial charge in [0.05, 0.1) is 13.2 Å². The average molecular weight is 480 g/mol. The van der Waals surface area contributed by atoms with Gasteiger partial charge in [0.1, 0.15) is 5.75 Å². The zero-order valence-electron chi connectivity index (χ0n) is 20.7. The first-order valence-corrected chi connectivity index (χ1v) is 12.7. The number of amides is 2. The number of fused-ring (bicyclic) bond motifs is 1. The summed E-state index contributed by atoms with van der Waals surface area (Å²) in [6.07, 6.45) is 2.40. The molecule has 36 heavy (non-hydrogen) atoms. The van der Waals surface area contributed by atoms with E-state index in [1.54, 1.807) is 7.11 Å². The Morgan fingerprint density at radius 1 is 0.833 bits per heavy atom. The Kier molecular flexibility index (Phi) is 7.48. The van der Waals surface area contributed by atoms with Crippen LogP contribution in [0.2, 0.25) is 0 Å². The van der Waals surface area contributed by atoms with Crippen LogP contribution < -0.4 is 15.4 Å². The molecule has 5 rings (SSSR count). The molecule has 0 saturated carbocycles. The molecule has 2 N–H and O–H groups in total. The molecule has 4 aromatic rings. The summed E-state index contributed by atoms with van der Waals surface area (Å²) >= 11 is 0. The third kappa shape index (κ3) is 5.69. The normalized spacial score (nSPS) is 14.5. The summed E-state index contributed by atoms with van der Waals surface area (Å²) in [4.78, 5) is 15.1. The van der Waals surface area contributed by atoms with Crippen LogP contribution >= 0.6 is 0 Å². The Labute approximate surface area is 213 Å². The number of carbonyl (C=O) groups is 1. The summed E-state index contributed by atoms with van der Waals surface area (Å²) in [6.45, 7) is 3.17. The molecule has 4 aromatic carbocycles. The molecule has 0 bridgehead atoms. The van der Waals surface area contributed by atoms with E-state index in [-0.39, 0.29) is 12.1 Å². The van der Waals surface area contributed by atoms with Crippen LogP contribution in [0.15, 0.2) is 91.0 Å². The van der Waals surface area contributed by atoms with Crippen LogP contribution in [-0.2, 0) is 6.54 Å². The summed E-state index contributed by atoms with van der Waals surface area (Å²) < 4.78 is 5.30. The first kappa shape index (κ1) is 23.9. The van der Waals surface area contributed by atoms with Crippen molar-refractivity contribution in [1.29, 1.82) is 0 Å². The van der Waals surface area contributed by atoms with E-state index in [0.29, 0.717) is 13.1 Å².